The second-order valence-electron chi connectivity index (χ2n) is 5.80. The van der Waals surface area contributed by atoms with E-state index in [2.05, 4.69) is 10.4 Å². The molecule has 2 aromatic rings. The van der Waals surface area contributed by atoms with E-state index in [1.807, 2.05) is 4.68 Å². The first-order valence-corrected chi connectivity index (χ1v) is 8.00. The van der Waals surface area contributed by atoms with Crippen LogP contribution in [0.15, 0.2) is 36.5 Å². The van der Waals surface area contributed by atoms with Crippen LogP contribution in [0.4, 0.5) is 5.82 Å². The Labute approximate surface area is 139 Å². The molecule has 0 atom stereocenters. The van der Waals surface area contributed by atoms with Crippen molar-refractivity contribution in [2.75, 3.05) is 11.9 Å². The minimum atomic E-state index is -0.592. The van der Waals surface area contributed by atoms with E-state index in [0.29, 0.717) is 17.6 Å². The number of primary amides is 1. The molecule has 0 bridgehead atoms. The fourth-order valence-electron chi connectivity index (χ4n) is 2.97. The van der Waals surface area contributed by atoms with Gasteiger partial charge < -0.3 is 15.8 Å². The van der Waals surface area contributed by atoms with Crippen molar-refractivity contribution in [3.8, 4) is 5.75 Å². The molecule has 1 aromatic carbocycles. The zero-order valence-corrected chi connectivity index (χ0v) is 13.3. The zero-order chi connectivity index (χ0) is 16.9. The van der Waals surface area contributed by atoms with Crippen LogP contribution < -0.4 is 15.8 Å². The van der Waals surface area contributed by atoms with Gasteiger partial charge in [-0.2, -0.15) is 5.10 Å². The Balaban J connectivity index is 1.61. The van der Waals surface area contributed by atoms with Crippen LogP contribution in [-0.4, -0.2) is 28.2 Å². The summed E-state index contributed by atoms with van der Waals surface area (Å²) in [7, 11) is 0. The number of nitrogens with one attached hydrogen (secondary N) is 1. The molecule has 2 amide bonds. The lowest BCUT2D eigenvalue weighted by Gasteiger charge is -2.15. The lowest BCUT2D eigenvalue weighted by atomic mass is 10.2. The molecule has 1 aliphatic carbocycles. The van der Waals surface area contributed by atoms with Gasteiger partial charge in [0.25, 0.3) is 11.8 Å². The molecule has 3 N–H and O–H groups in total. The summed E-state index contributed by atoms with van der Waals surface area (Å²) in [6, 6.07) is 8.68. The molecule has 0 spiro atoms. The fraction of sp³-hybridized carbons (Fsp3) is 0.353. The van der Waals surface area contributed by atoms with E-state index in [0.717, 1.165) is 12.8 Å². The topological polar surface area (TPSA) is 99.2 Å². The van der Waals surface area contributed by atoms with Crippen LogP contribution in [0, 0.1) is 0 Å². The number of carbonyl (C=O) groups excluding carboxylic acids is 2. The van der Waals surface area contributed by atoms with Gasteiger partial charge in [0.05, 0.1) is 17.8 Å². The number of nitrogens with zero attached hydrogens (tertiary/aromatic N) is 2. The van der Waals surface area contributed by atoms with Crippen LogP contribution in [0.1, 0.15) is 42.1 Å². The van der Waals surface area contributed by atoms with Crippen LogP contribution >= 0.6 is 0 Å². The maximum atomic E-state index is 12.1. The minimum Gasteiger partial charge on any atom is -0.483 e. The summed E-state index contributed by atoms with van der Waals surface area (Å²) in [6.45, 7) is -0.208. The van der Waals surface area contributed by atoms with Crippen molar-refractivity contribution in [1.29, 1.82) is 0 Å². The Morgan fingerprint density at radius 3 is 2.75 bits per heavy atom. The van der Waals surface area contributed by atoms with Gasteiger partial charge in [-0.1, -0.05) is 25.0 Å². The molecule has 0 unspecified atom stereocenters. The number of para-hydroxylation sites is 1. The second kappa shape index (κ2) is 7.16. The molecule has 0 radical (unpaired) electrons. The van der Waals surface area contributed by atoms with Gasteiger partial charge in [0.2, 0.25) is 0 Å². The van der Waals surface area contributed by atoms with Gasteiger partial charge in [-0.25, -0.2) is 4.68 Å². The minimum absolute atomic E-state index is 0.208. The lowest BCUT2D eigenvalue weighted by Crippen LogP contribution is -2.24. The fourth-order valence-corrected chi connectivity index (χ4v) is 2.97. The van der Waals surface area contributed by atoms with Crippen LogP contribution in [0.2, 0.25) is 0 Å². The first kappa shape index (κ1) is 16.0. The Morgan fingerprint density at radius 1 is 1.25 bits per heavy atom. The number of nitrogens with two attached hydrogens (primary N) is 1. The number of aromatic nitrogens is 2. The van der Waals surface area contributed by atoms with E-state index >= 15 is 0 Å². The van der Waals surface area contributed by atoms with Gasteiger partial charge in [-0.15, -0.1) is 0 Å². The molecule has 1 aliphatic rings. The Kier molecular flexibility index (Phi) is 4.79. The SMILES string of the molecule is NC(=O)c1ccccc1OCC(=O)Nc1ccnn1C1CCCC1. The van der Waals surface area contributed by atoms with E-state index in [-0.39, 0.29) is 18.1 Å². The van der Waals surface area contributed by atoms with Gasteiger partial charge in [0.15, 0.2) is 6.61 Å². The molecule has 1 saturated carbocycles. The molecule has 3 rings (SSSR count). The number of rotatable bonds is 6. The summed E-state index contributed by atoms with van der Waals surface area (Å²) in [6.07, 6.45) is 6.20. The van der Waals surface area contributed by atoms with Gasteiger partial charge in [-0.3, -0.25) is 9.59 Å². The highest BCUT2D eigenvalue weighted by atomic mass is 16.5. The first-order valence-electron chi connectivity index (χ1n) is 8.00. The zero-order valence-electron chi connectivity index (χ0n) is 13.3. The van der Waals surface area contributed by atoms with Crippen LogP contribution in [0.3, 0.4) is 0 Å². The average molecular weight is 328 g/mol. The van der Waals surface area contributed by atoms with E-state index in [4.69, 9.17) is 10.5 Å². The number of anilines is 1. The average Bonchev–Trinajstić information content (AvgIpc) is 3.24. The predicted molar refractivity (Wildman–Crippen MR) is 88.8 cm³/mol. The summed E-state index contributed by atoms with van der Waals surface area (Å²) in [5, 5.41) is 7.11. The maximum Gasteiger partial charge on any atom is 0.263 e. The van der Waals surface area contributed by atoms with Crippen molar-refractivity contribution < 1.29 is 14.3 Å². The van der Waals surface area contributed by atoms with Crippen molar-refractivity contribution in [2.24, 2.45) is 5.73 Å². The quantitative estimate of drug-likeness (QED) is 0.848. The van der Waals surface area contributed by atoms with E-state index in [9.17, 15) is 9.59 Å². The first-order chi connectivity index (χ1) is 11.6. The molecule has 7 heteroatoms. The van der Waals surface area contributed by atoms with Gasteiger partial charge >= 0.3 is 0 Å². The highest BCUT2D eigenvalue weighted by Gasteiger charge is 2.20. The summed E-state index contributed by atoms with van der Waals surface area (Å²) < 4.78 is 7.30. The highest BCUT2D eigenvalue weighted by molar-refractivity contribution is 5.96. The lowest BCUT2D eigenvalue weighted by molar-refractivity contribution is -0.118. The summed E-state index contributed by atoms with van der Waals surface area (Å²) >= 11 is 0. The third kappa shape index (κ3) is 3.56. The molecule has 7 nitrogen and oxygen atoms in total. The number of hydrogen-bond acceptors (Lipinski definition) is 4. The van der Waals surface area contributed by atoms with Crippen LogP contribution in [-0.2, 0) is 4.79 Å². The molecule has 1 heterocycles. The van der Waals surface area contributed by atoms with Crippen molar-refractivity contribution >= 4 is 17.6 Å². The normalized spacial score (nSPS) is 14.5. The number of ether oxygens (including phenoxy) is 1. The van der Waals surface area contributed by atoms with Gasteiger partial charge in [0.1, 0.15) is 11.6 Å². The molecule has 1 fully saturated rings. The van der Waals surface area contributed by atoms with Crippen molar-refractivity contribution in [3.05, 3.63) is 42.1 Å². The molecule has 1 aromatic heterocycles. The smallest absolute Gasteiger partial charge is 0.263 e. The third-order valence-corrected chi connectivity index (χ3v) is 4.12. The number of benzene rings is 1. The van der Waals surface area contributed by atoms with Gasteiger partial charge in [-0.05, 0) is 25.0 Å². The molecular weight excluding hydrogens is 308 g/mol. The van der Waals surface area contributed by atoms with Crippen molar-refractivity contribution in [2.45, 2.75) is 31.7 Å². The van der Waals surface area contributed by atoms with Gasteiger partial charge in [0, 0.05) is 6.07 Å². The Morgan fingerprint density at radius 2 is 2.00 bits per heavy atom. The second-order valence-corrected chi connectivity index (χ2v) is 5.80. The van der Waals surface area contributed by atoms with E-state index in [1.54, 1.807) is 36.5 Å². The third-order valence-electron chi connectivity index (χ3n) is 4.12. The molecular formula is C17H20N4O3. The molecule has 0 saturated heterocycles. The summed E-state index contributed by atoms with van der Waals surface area (Å²) in [5.74, 6) is 0.0578. The monoisotopic (exact) mass is 328 g/mol. The van der Waals surface area contributed by atoms with E-state index < -0.39 is 5.91 Å². The Hall–Kier alpha value is -2.83. The highest BCUT2D eigenvalue weighted by Crippen LogP contribution is 2.31. The number of hydrogen-bond donors (Lipinski definition) is 2. The largest absolute Gasteiger partial charge is 0.483 e. The predicted octanol–water partition coefficient (Wildman–Crippen LogP) is 2.11. The molecule has 126 valence electrons. The van der Waals surface area contributed by atoms with E-state index in [1.165, 1.54) is 12.8 Å². The number of carbonyl (C=O) groups is 2. The maximum absolute atomic E-state index is 12.1. The van der Waals surface area contributed by atoms with Crippen LogP contribution in [0.5, 0.6) is 5.75 Å². The standard InChI is InChI=1S/C17H20N4O3/c18-17(23)13-7-3-4-8-14(13)24-11-16(22)20-15-9-10-19-21(15)12-5-1-2-6-12/h3-4,7-10,12H,1-2,5-6,11H2,(H2,18,23)(H,20,22). The number of amides is 2. The van der Waals surface area contributed by atoms with Crippen molar-refractivity contribution in [3.63, 3.8) is 0 Å². The molecule has 24 heavy (non-hydrogen) atoms. The Bertz CT molecular complexity index is 735. The molecule has 0 aliphatic heterocycles. The summed E-state index contributed by atoms with van der Waals surface area (Å²) in [4.78, 5) is 23.5. The van der Waals surface area contributed by atoms with Crippen LogP contribution in [0.25, 0.3) is 0 Å². The van der Waals surface area contributed by atoms with Crippen molar-refractivity contribution in [1.82, 2.24) is 9.78 Å². The summed E-state index contributed by atoms with van der Waals surface area (Å²) in [5.41, 5.74) is 5.54.